The van der Waals surface area contributed by atoms with Crippen molar-refractivity contribution in [3.05, 3.63) is 36.0 Å². The van der Waals surface area contributed by atoms with Crippen molar-refractivity contribution in [3.8, 4) is 0 Å². The zero-order valence-corrected chi connectivity index (χ0v) is 19.9. The van der Waals surface area contributed by atoms with E-state index in [4.69, 9.17) is 9.16 Å². The number of carbonyl (C=O) groups excluding carboxylic acids is 1. The third kappa shape index (κ3) is 6.18. The largest absolute Gasteiger partial charge is 0.465 e. The van der Waals surface area contributed by atoms with Gasteiger partial charge in [0.2, 0.25) is 0 Å². The van der Waals surface area contributed by atoms with E-state index in [9.17, 15) is 4.79 Å². The fraction of sp³-hybridized carbons (Fsp3) is 0.696. The number of rotatable bonds is 8. The van der Waals surface area contributed by atoms with Crippen molar-refractivity contribution in [2.75, 3.05) is 6.61 Å². The summed E-state index contributed by atoms with van der Waals surface area (Å²) >= 11 is 0. The summed E-state index contributed by atoms with van der Waals surface area (Å²) in [6.07, 6.45) is 12.0. The van der Waals surface area contributed by atoms with Gasteiger partial charge in [-0.15, -0.1) is 0 Å². The van der Waals surface area contributed by atoms with Crippen LogP contribution < -0.4 is 0 Å². The monoisotopic (exact) mass is 392 g/mol. The molecule has 0 fully saturated rings. The fourth-order valence-corrected chi connectivity index (χ4v) is 4.47. The summed E-state index contributed by atoms with van der Waals surface area (Å²) in [7, 11) is -1.90. The van der Waals surface area contributed by atoms with E-state index in [1.807, 2.05) is 32.9 Å². The summed E-state index contributed by atoms with van der Waals surface area (Å²) in [5.41, 5.74) is 0.563. The number of carbonyl (C=O) groups is 1. The van der Waals surface area contributed by atoms with Gasteiger partial charge >= 0.3 is 5.97 Å². The standard InChI is InChI=1S/C23H40O3Si/c1-10-12-13-14-18(3)15-19-16-20(26-27(8,9)22(4,5)6)17-23(19,7)21(24)25-11-2/h10,12-14,16,18,20H,11,15,17H2,1-9H3/b12-10+,14-13+/t18-,20+,23+/m1/s1. The van der Waals surface area contributed by atoms with Gasteiger partial charge < -0.3 is 9.16 Å². The van der Waals surface area contributed by atoms with Gasteiger partial charge in [0.1, 0.15) is 0 Å². The summed E-state index contributed by atoms with van der Waals surface area (Å²) in [5, 5.41) is 0.145. The van der Waals surface area contributed by atoms with E-state index in [-0.39, 0.29) is 17.1 Å². The van der Waals surface area contributed by atoms with Gasteiger partial charge in [-0.25, -0.2) is 0 Å². The van der Waals surface area contributed by atoms with Gasteiger partial charge in [0.25, 0.3) is 0 Å². The summed E-state index contributed by atoms with van der Waals surface area (Å²) in [6, 6.07) is 0. The number of hydrogen-bond donors (Lipinski definition) is 0. The summed E-state index contributed by atoms with van der Waals surface area (Å²) < 4.78 is 12.1. The summed E-state index contributed by atoms with van der Waals surface area (Å²) in [6.45, 7) is 19.8. The third-order valence-corrected chi connectivity index (χ3v) is 10.5. The zero-order valence-electron chi connectivity index (χ0n) is 18.9. The quantitative estimate of drug-likeness (QED) is 0.206. The predicted octanol–water partition coefficient (Wildman–Crippen LogP) is 6.43. The molecule has 0 aromatic carbocycles. The van der Waals surface area contributed by atoms with Crippen LogP contribution >= 0.6 is 0 Å². The molecule has 154 valence electrons. The van der Waals surface area contributed by atoms with Gasteiger partial charge in [-0.2, -0.15) is 0 Å². The van der Waals surface area contributed by atoms with Gasteiger partial charge in [-0.1, -0.05) is 63.6 Å². The summed E-state index contributed by atoms with van der Waals surface area (Å²) in [4.78, 5) is 12.8. The Hall–Kier alpha value is -1.13. The van der Waals surface area contributed by atoms with Gasteiger partial charge in [0, 0.05) is 0 Å². The van der Waals surface area contributed by atoms with Crippen LogP contribution in [0.3, 0.4) is 0 Å². The van der Waals surface area contributed by atoms with Crippen LogP contribution in [-0.2, 0) is 14.0 Å². The highest BCUT2D eigenvalue weighted by molar-refractivity contribution is 6.74. The van der Waals surface area contributed by atoms with Crippen LogP contribution in [0.25, 0.3) is 0 Å². The van der Waals surface area contributed by atoms with Crippen molar-refractivity contribution in [3.63, 3.8) is 0 Å². The van der Waals surface area contributed by atoms with E-state index in [1.54, 1.807) is 0 Å². The molecule has 0 amide bonds. The van der Waals surface area contributed by atoms with Crippen LogP contribution in [0.2, 0.25) is 18.1 Å². The molecule has 3 nitrogen and oxygen atoms in total. The van der Waals surface area contributed by atoms with Crippen LogP contribution in [-0.4, -0.2) is 27.0 Å². The van der Waals surface area contributed by atoms with Crippen molar-refractivity contribution >= 4 is 14.3 Å². The highest BCUT2D eigenvalue weighted by Crippen LogP contribution is 2.46. The molecular formula is C23H40O3Si. The van der Waals surface area contributed by atoms with Crippen molar-refractivity contribution in [1.82, 2.24) is 0 Å². The first-order chi connectivity index (χ1) is 12.4. The lowest BCUT2D eigenvalue weighted by atomic mass is 9.79. The van der Waals surface area contributed by atoms with Crippen LogP contribution in [0, 0.1) is 11.3 Å². The summed E-state index contributed by atoms with van der Waals surface area (Å²) in [5.74, 6) is 0.232. The Balaban J connectivity index is 3.07. The molecule has 27 heavy (non-hydrogen) atoms. The Morgan fingerprint density at radius 3 is 2.52 bits per heavy atom. The molecule has 0 unspecified atom stereocenters. The maximum Gasteiger partial charge on any atom is 0.316 e. The average Bonchev–Trinajstić information content (AvgIpc) is 2.83. The number of hydrogen-bond acceptors (Lipinski definition) is 3. The van der Waals surface area contributed by atoms with E-state index in [0.29, 0.717) is 18.9 Å². The number of allylic oxidation sites excluding steroid dienone is 4. The van der Waals surface area contributed by atoms with Gasteiger partial charge in [-0.3, -0.25) is 4.79 Å². The first kappa shape index (κ1) is 23.9. The first-order valence-corrected chi connectivity index (χ1v) is 13.1. The molecular weight excluding hydrogens is 352 g/mol. The minimum absolute atomic E-state index is 0.0120. The molecule has 0 aromatic rings. The first-order valence-electron chi connectivity index (χ1n) is 10.2. The van der Waals surface area contributed by atoms with Gasteiger partial charge in [-0.05, 0) is 57.7 Å². The molecule has 0 spiro atoms. The van der Waals surface area contributed by atoms with E-state index in [2.05, 4.69) is 59.0 Å². The molecule has 0 aromatic heterocycles. The zero-order chi connectivity index (χ0) is 20.9. The van der Waals surface area contributed by atoms with Crippen molar-refractivity contribution in [1.29, 1.82) is 0 Å². The van der Waals surface area contributed by atoms with Crippen LogP contribution in [0.4, 0.5) is 0 Å². The van der Waals surface area contributed by atoms with E-state index in [0.717, 1.165) is 12.0 Å². The molecule has 0 saturated carbocycles. The van der Waals surface area contributed by atoms with Gasteiger partial charge in [0.15, 0.2) is 8.32 Å². The average molecular weight is 393 g/mol. The second-order valence-electron chi connectivity index (χ2n) is 9.46. The van der Waals surface area contributed by atoms with E-state index in [1.165, 1.54) is 0 Å². The molecule has 0 radical (unpaired) electrons. The number of esters is 1. The molecule has 1 aliphatic carbocycles. The fourth-order valence-electron chi connectivity index (χ4n) is 3.21. The normalized spacial score (nSPS) is 25.2. The Bertz CT molecular complexity index is 595. The molecule has 0 saturated heterocycles. The second kappa shape index (κ2) is 9.38. The van der Waals surface area contributed by atoms with Crippen LogP contribution in [0.15, 0.2) is 36.0 Å². The molecule has 0 aliphatic heterocycles. The van der Waals surface area contributed by atoms with Crippen molar-refractivity contribution < 1.29 is 14.0 Å². The minimum atomic E-state index is -1.90. The Morgan fingerprint density at radius 1 is 1.37 bits per heavy atom. The lowest BCUT2D eigenvalue weighted by Crippen LogP contribution is -2.44. The molecule has 0 bridgehead atoms. The third-order valence-electron chi connectivity index (χ3n) is 5.97. The minimum Gasteiger partial charge on any atom is -0.465 e. The van der Waals surface area contributed by atoms with E-state index >= 15 is 0 Å². The maximum absolute atomic E-state index is 12.8. The topological polar surface area (TPSA) is 35.5 Å². The highest BCUT2D eigenvalue weighted by atomic mass is 28.4. The highest BCUT2D eigenvalue weighted by Gasteiger charge is 2.48. The molecule has 1 aliphatic rings. The molecule has 0 N–H and O–H groups in total. The van der Waals surface area contributed by atoms with Crippen molar-refractivity contribution in [2.45, 2.75) is 85.5 Å². The SMILES string of the molecule is C/C=C/C=C/[C@@H](C)CC1=C[C@H](O[Si](C)(C)C(C)(C)C)C[C@]1(C)C(=O)OCC. The molecule has 3 atom stereocenters. The molecule has 4 heteroatoms. The maximum atomic E-state index is 12.8. The molecule has 1 rings (SSSR count). The Morgan fingerprint density at radius 2 is 2.00 bits per heavy atom. The second-order valence-corrected chi connectivity index (χ2v) is 14.2. The lowest BCUT2D eigenvalue weighted by Gasteiger charge is -2.38. The smallest absolute Gasteiger partial charge is 0.316 e. The predicted molar refractivity (Wildman–Crippen MR) is 117 cm³/mol. The Kier molecular flexibility index (Phi) is 8.30. The van der Waals surface area contributed by atoms with Crippen LogP contribution in [0.1, 0.15) is 61.3 Å². The van der Waals surface area contributed by atoms with E-state index < -0.39 is 13.7 Å². The molecule has 0 heterocycles. The van der Waals surface area contributed by atoms with Gasteiger partial charge in [0.05, 0.1) is 18.1 Å². The van der Waals surface area contributed by atoms with Crippen LogP contribution in [0.5, 0.6) is 0 Å². The number of ether oxygens (including phenoxy) is 1. The Labute approximate surface area is 168 Å². The lowest BCUT2D eigenvalue weighted by molar-refractivity contribution is -0.152. The van der Waals surface area contributed by atoms with Crippen molar-refractivity contribution in [2.24, 2.45) is 11.3 Å².